The molecule has 8 aromatic carbocycles. The van der Waals surface area contributed by atoms with Gasteiger partial charge in [0.25, 0.3) is 0 Å². The Bertz CT molecular complexity index is 2240. The summed E-state index contributed by atoms with van der Waals surface area (Å²) in [6.07, 6.45) is 0. The fourth-order valence-electron chi connectivity index (χ4n) is 6.67. The highest BCUT2D eigenvalue weighted by Gasteiger charge is 2.33. The lowest BCUT2D eigenvalue weighted by atomic mass is 9.94. The van der Waals surface area contributed by atoms with Gasteiger partial charge in [-0.1, -0.05) is 24.3 Å². The molecule has 0 aliphatic carbocycles. The third-order valence-electron chi connectivity index (χ3n) is 8.99. The molecule has 0 radical (unpaired) electrons. The van der Waals surface area contributed by atoms with Crippen molar-refractivity contribution in [2.24, 2.45) is 0 Å². The molecule has 0 aromatic heterocycles. The maximum Gasteiger partial charge on any atom is 0.171 e. The molecule has 8 rings (SSSR count). The molecule has 0 saturated carbocycles. The molecule has 48 heavy (non-hydrogen) atoms. The van der Waals surface area contributed by atoms with Gasteiger partial charge in [-0.3, -0.25) is 0 Å². The molecule has 234 valence electrons. The first-order valence-electron chi connectivity index (χ1n) is 15.1. The van der Waals surface area contributed by atoms with Gasteiger partial charge in [0.15, 0.2) is 14.3 Å². The molecule has 0 heterocycles. The van der Waals surface area contributed by atoms with Gasteiger partial charge in [0.05, 0.1) is 0 Å². The minimum Gasteiger partial charge on any atom is -0.309 e. The molecule has 0 fully saturated rings. The molecule has 0 atom stereocenters. The summed E-state index contributed by atoms with van der Waals surface area (Å²) in [5.74, 6) is -1.82. The number of hydrogen-bond acceptors (Lipinski definition) is 2. The van der Waals surface area contributed by atoms with Gasteiger partial charge in [-0.15, -0.1) is 0 Å². The van der Waals surface area contributed by atoms with Crippen LogP contribution in [0.25, 0.3) is 32.3 Å². The smallest absolute Gasteiger partial charge is 0.171 e. The molecule has 0 aliphatic heterocycles. The minimum atomic E-state index is -3.56. The molecule has 0 bridgehead atoms. The molecule has 0 amide bonds. The summed E-state index contributed by atoms with van der Waals surface area (Å²) in [5, 5.41) is 7.83. The van der Waals surface area contributed by atoms with Crippen LogP contribution in [0.2, 0.25) is 0 Å². The van der Waals surface area contributed by atoms with Crippen LogP contribution < -0.4 is 31.8 Å². The predicted molar refractivity (Wildman–Crippen MR) is 189 cm³/mol. The van der Waals surface area contributed by atoms with Crippen LogP contribution in [0, 0.1) is 23.3 Å². The Hall–Kier alpha value is -5.02. The van der Waals surface area contributed by atoms with Crippen LogP contribution in [-0.4, -0.2) is 0 Å². The van der Waals surface area contributed by atoms with Gasteiger partial charge < -0.3 is 9.13 Å². The molecule has 0 N–H and O–H groups in total. The van der Waals surface area contributed by atoms with E-state index >= 15 is 9.13 Å². The number of halogens is 4. The lowest BCUT2D eigenvalue weighted by Gasteiger charge is -2.23. The summed E-state index contributed by atoms with van der Waals surface area (Å²) in [5.41, 5.74) is 0. The minimum absolute atomic E-state index is 0.422. The molecule has 0 saturated heterocycles. The third-order valence-corrected chi connectivity index (χ3v) is 15.1. The van der Waals surface area contributed by atoms with Crippen molar-refractivity contribution in [1.82, 2.24) is 0 Å². The van der Waals surface area contributed by atoms with Gasteiger partial charge >= 0.3 is 0 Å². The molecular weight excluding hydrogens is 650 g/mol. The van der Waals surface area contributed by atoms with E-state index in [0.717, 1.165) is 32.3 Å². The van der Waals surface area contributed by atoms with Crippen molar-refractivity contribution in [2.75, 3.05) is 0 Å². The van der Waals surface area contributed by atoms with Gasteiger partial charge in [0, 0.05) is 31.8 Å². The summed E-state index contributed by atoms with van der Waals surface area (Å²) in [4.78, 5) is 0. The monoisotopic (exact) mass is 674 g/mol. The van der Waals surface area contributed by atoms with Crippen LogP contribution in [0.15, 0.2) is 146 Å². The lowest BCUT2D eigenvalue weighted by molar-refractivity contribution is 0.591. The van der Waals surface area contributed by atoms with E-state index in [1.165, 1.54) is 97.1 Å². The molecule has 0 spiro atoms. The van der Waals surface area contributed by atoms with Crippen LogP contribution >= 0.6 is 14.3 Å². The van der Waals surface area contributed by atoms with Crippen molar-refractivity contribution in [1.29, 1.82) is 0 Å². The van der Waals surface area contributed by atoms with Gasteiger partial charge in [0.1, 0.15) is 23.3 Å². The first-order chi connectivity index (χ1) is 23.1. The zero-order valence-electron chi connectivity index (χ0n) is 25.1. The lowest BCUT2D eigenvalue weighted by Crippen LogP contribution is -2.25. The van der Waals surface area contributed by atoms with E-state index in [1.807, 2.05) is 48.5 Å². The molecule has 8 aromatic rings. The zero-order chi connectivity index (χ0) is 33.2. The van der Waals surface area contributed by atoms with Gasteiger partial charge in [0.2, 0.25) is 0 Å². The van der Waals surface area contributed by atoms with Crippen LogP contribution in [0.5, 0.6) is 0 Å². The van der Waals surface area contributed by atoms with Crippen LogP contribution in [0.4, 0.5) is 17.6 Å². The number of rotatable bonds is 6. The van der Waals surface area contributed by atoms with Crippen molar-refractivity contribution in [3.05, 3.63) is 169 Å². The van der Waals surface area contributed by atoms with E-state index in [1.54, 1.807) is 0 Å². The Balaban J connectivity index is 1.35. The third kappa shape index (κ3) is 4.79. The maximum atomic E-state index is 15.2. The highest BCUT2D eigenvalue weighted by atomic mass is 31.2. The standard InChI is InChI=1S/C40H24F4O2P2/c41-29-5-13-33(14-6-29)47(45,34-15-7-30(42)8-16-34)37-21-25-1-2-26-22-38(24-28-4-3-27(23-37)39(25)40(26)28)48(46,35-17-9-31(43)10-18-35)36-19-11-32(44)12-20-36/h1-24H. The van der Waals surface area contributed by atoms with E-state index in [-0.39, 0.29) is 0 Å². The molecular formula is C40H24F4O2P2. The average Bonchev–Trinajstić information content (AvgIpc) is 3.10. The Morgan fingerprint density at radius 3 is 0.708 bits per heavy atom. The molecule has 0 unspecified atom stereocenters. The fourth-order valence-corrected chi connectivity index (χ4v) is 12.0. The second-order valence-electron chi connectivity index (χ2n) is 11.8. The van der Waals surface area contributed by atoms with Crippen molar-refractivity contribution < 1.29 is 26.7 Å². The van der Waals surface area contributed by atoms with E-state index < -0.39 is 37.6 Å². The first kappa shape index (κ1) is 30.3. The second-order valence-corrected chi connectivity index (χ2v) is 17.3. The SMILES string of the molecule is O=P(c1ccc(F)cc1)(c1ccc(F)cc1)c1cc2ccc3cc(P(=O)(c4ccc(F)cc4)c4ccc(F)cc4)cc4ccc(c1)c2c34. The molecule has 8 heteroatoms. The highest BCUT2D eigenvalue weighted by Crippen LogP contribution is 2.47. The van der Waals surface area contributed by atoms with Gasteiger partial charge in [-0.25, -0.2) is 17.6 Å². The van der Waals surface area contributed by atoms with E-state index in [0.29, 0.717) is 31.8 Å². The van der Waals surface area contributed by atoms with Crippen LogP contribution in [0.3, 0.4) is 0 Å². The summed E-state index contributed by atoms with van der Waals surface area (Å²) in [7, 11) is -7.13. The Labute approximate surface area is 273 Å². The summed E-state index contributed by atoms with van der Waals surface area (Å²) < 4.78 is 86.1. The highest BCUT2D eigenvalue weighted by molar-refractivity contribution is 7.85. The Morgan fingerprint density at radius 1 is 0.292 bits per heavy atom. The average molecular weight is 675 g/mol. The number of benzene rings is 8. The summed E-state index contributed by atoms with van der Waals surface area (Å²) >= 11 is 0. The largest absolute Gasteiger partial charge is 0.309 e. The normalized spacial score (nSPS) is 12.3. The number of hydrogen-bond donors (Lipinski definition) is 0. The quantitative estimate of drug-likeness (QED) is 0.101. The fraction of sp³-hybridized carbons (Fsp3) is 0. The molecule has 2 nitrogen and oxygen atoms in total. The van der Waals surface area contributed by atoms with E-state index in [9.17, 15) is 17.6 Å². The van der Waals surface area contributed by atoms with E-state index in [4.69, 9.17) is 0 Å². The van der Waals surface area contributed by atoms with Crippen molar-refractivity contribution in [2.45, 2.75) is 0 Å². The van der Waals surface area contributed by atoms with Gasteiger partial charge in [-0.2, -0.15) is 0 Å². The molecule has 0 aliphatic rings. The Kier molecular flexibility index (Phi) is 7.14. The van der Waals surface area contributed by atoms with Crippen molar-refractivity contribution in [3.8, 4) is 0 Å². The van der Waals surface area contributed by atoms with E-state index in [2.05, 4.69) is 0 Å². The van der Waals surface area contributed by atoms with Crippen LogP contribution in [-0.2, 0) is 9.13 Å². The van der Waals surface area contributed by atoms with Gasteiger partial charge in [-0.05, 0) is 154 Å². The van der Waals surface area contributed by atoms with Crippen LogP contribution in [0.1, 0.15) is 0 Å². The zero-order valence-corrected chi connectivity index (χ0v) is 26.9. The van der Waals surface area contributed by atoms with Crippen molar-refractivity contribution >= 4 is 78.4 Å². The summed E-state index contributed by atoms with van der Waals surface area (Å²) in [6.45, 7) is 0. The Morgan fingerprint density at radius 2 is 0.500 bits per heavy atom. The first-order valence-corrected chi connectivity index (χ1v) is 18.5. The predicted octanol–water partition coefficient (Wildman–Crippen LogP) is 8.42. The maximum absolute atomic E-state index is 15.2. The second kappa shape index (κ2) is 11.3. The van der Waals surface area contributed by atoms with Crippen molar-refractivity contribution in [3.63, 3.8) is 0 Å². The topological polar surface area (TPSA) is 34.1 Å². The summed E-state index contributed by atoms with van der Waals surface area (Å²) in [6, 6.07) is 37.3.